The maximum absolute atomic E-state index is 3.42. The Kier molecular flexibility index (Phi) is 5.49. The lowest BCUT2D eigenvalue weighted by atomic mass is 9.95. The molecule has 0 aliphatic rings. The van der Waals surface area contributed by atoms with Crippen molar-refractivity contribution in [3.8, 4) is 0 Å². The second-order valence-corrected chi connectivity index (χ2v) is 6.03. The van der Waals surface area contributed by atoms with E-state index < -0.39 is 0 Å². The molecule has 0 saturated carbocycles. The van der Waals surface area contributed by atoms with Gasteiger partial charge in [0.2, 0.25) is 0 Å². The van der Waals surface area contributed by atoms with Crippen LogP contribution in [0, 0.1) is 0 Å². The van der Waals surface area contributed by atoms with Crippen LogP contribution >= 0.6 is 31.9 Å². The smallest absolute Gasteiger partial charge is 0.0570 e. The quantitative estimate of drug-likeness (QED) is 0.716. The molecule has 2 heteroatoms. The molecule has 1 aromatic carbocycles. The van der Waals surface area contributed by atoms with Gasteiger partial charge in [-0.1, -0.05) is 49.8 Å². The van der Waals surface area contributed by atoms with Gasteiger partial charge < -0.3 is 0 Å². The Balaban J connectivity index is 2.83. The predicted molar refractivity (Wildman–Crippen MR) is 70.0 cm³/mol. The first kappa shape index (κ1) is 12.0. The molecule has 0 saturated heterocycles. The van der Waals surface area contributed by atoms with Crippen LogP contribution in [-0.2, 0) is 0 Å². The van der Waals surface area contributed by atoms with Crippen molar-refractivity contribution in [1.29, 1.82) is 0 Å². The monoisotopic (exact) mass is 316 g/mol. The number of hydrogen-bond acceptors (Lipinski definition) is 0. The van der Waals surface area contributed by atoms with Crippen LogP contribution in [0.25, 0.3) is 0 Å². The molecule has 1 atom stereocenters. The molecule has 0 spiro atoms. The Morgan fingerprint density at radius 2 is 1.93 bits per heavy atom. The number of allylic oxidation sites excluding steroid dienone is 1. The lowest BCUT2D eigenvalue weighted by Crippen LogP contribution is -1.94. The third-order valence-corrected chi connectivity index (χ3v) is 2.68. The molecule has 1 aromatic rings. The summed E-state index contributed by atoms with van der Waals surface area (Å²) in [6, 6.07) is 10.6. The number of hydrogen-bond donors (Lipinski definition) is 0. The molecule has 1 rings (SSSR count). The maximum atomic E-state index is 3.42. The fourth-order valence-corrected chi connectivity index (χ4v) is 2.15. The molecule has 0 aliphatic carbocycles. The van der Waals surface area contributed by atoms with Gasteiger partial charge in [0.25, 0.3) is 0 Å². The number of rotatable bonds is 4. The lowest BCUT2D eigenvalue weighted by molar-refractivity contribution is 0.718. The average Bonchev–Trinajstić information content (AvgIpc) is 2.18. The topological polar surface area (TPSA) is 0 Å². The number of benzene rings is 1. The predicted octanol–water partition coefficient (Wildman–Crippen LogP) is 5.20. The zero-order valence-corrected chi connectivity index (χ0v) is 11.4. The molecule has 76 valence electrons. The van der Waals surface area contributed by atoms with Crippen molar-refractivity contribution < 1.29 is 0 Å². The van der Waals surface area contributed by atoms with Crippen LogP contribution in [0.15, 0.2) is 39.8 Å². The van der Waals surface area contributed by atoms with Crippen molar-refractivity contribution in [2.24, 2.45) is 0 Å². The Bertz CT molecular complexity index is 286. The van der Waals surface area contributed by atoms with Gasteiger partial charge in [0.05, 0.1) is 3.39 Å². The standard InChI is InChI=1S/C12H14Br2/c1-2-6-11(9-12(13)14)10-7-4-3-5-8-10/h3-5,7-9,11H,2,6H2,1H3. The fourth-order valence-electron chi connectivity index (χ4n) is 1.51. The Hall–Kier alpha value is -0.0800. The van der Waals surface area contributed by atoms with Gasteiger partial charge in [0.1, 0.15) is 0 Å². The van der Waals surface area contributed by atoms with Gasteiger partial charge in [-0.25, -0.2) is 0 Å². The summed E-state index contributed by atoms with van der Waals surface area (Å²) < 4.78 is 1.03. The van der Waals surface area contributed by atoms with Crippen LogP contribution in [0.1, 0.15) is 31.2 Å². The summed E-state index contributed by atoms with van der Waals surface area (Å²) in [4.78, 5) is 0. The van der Waals surface area contributed by atoms with Crippen molar-refractivity contribution in [3.05, 3.63) is 45.4 Å². The van der Waals surface area contributed by atoms with Gasteiger partial charge in [0, 0.05) is 5.92 Å². The highest BCUT2D eigenvalue weighted by molar-refractivity contribution is 9.28. The fraction of sp³-hybridized carbons (Fsp3) is 0.333. The molecule has 0 fully saturated rings. The first-order valence-electron chi connectivity index (χ1n) is 4.81. The summed E-state index contributed by atoms with van der Waals surface area (Å²) in [7, 11) is 0. The second kappa shape index (κ2) is 6.41. The van der Waals surface area contributed by atoms with Crippen LogP contribution < -0.4 is 0 Å². The van der Waals surface area contributed by atoms with Crippen molar-refractivity contribution in [2.45, 2.75) is 25.7 Å². The molecule has 0 heterocycles. The molecular formula is C12H14Br2. The van der Waals surface area contributed by atoms with Crippen molar-refractivity contribution in [3.63, 3.8) is 0 Å². The highest BCUT2D eigenvalue weighted by Gasteiger charge is 2.06. The number of halogens is 2. The SMILES string of the molecule is CCCC(C=C(Br)Br)c1ccccc1. The average molecular weight is 318 g/mol. The first-order valence-corrected chi connectivity index (χ1v) is 6.40. The molecule has 0 radical (unpaired) electrons. The van der Waals surface area contributed by atoms with E-state index >= 15 is 0 Å². The third-order valence-electron chi connectivity index (χ3n) is 2.15. The van der Waals surface area contributed by atoms with Crippen LogP contribution in [0.5, 0.6) is 0 Å². The van der Waals surface area contributed by atoms with E-state index in [1.807, 2.05) is 0 Å². The van der Waals surface area contributed by atoms with E-state index in [1.54, 1.807) is 0 Å². The maximum Gasteiger partial charge on any atom is 0.0570 e. The van der Waals surface area contributed by atoms with Crippen LogP contribution in [0.2, 0.25) is 0 Å². The summed E-state index contributed by atoms with van der Waals surface area (Å²) >= 11 is 6.84. The summed E-state index contributed by atoms with van der Waals surface area (Å²) in [5.41, 5.74) is 1.38. The summed E-state index contributed by atoms with van der Waals surface area (Å²) in [6.45, 7) is 2.21. The van der Waals surface area contributed by atoms with Crippen LogP contribution in [0.4, 0.5) is 0 Å². The van der Waals surface area contributed by atoms with Crippen molar-refractivity contribution in [1.82, 2.24) is 0 Å². The second-order valence-electron chi connectivity index (χ2n) is 3.26. The minimum absolute atomic E-state index is 0.509. The van der Waals surface area contributed by atoms with Crippen molar-refractivity contribution in [2.75, 3.05) is 0 Å². The zero-order valence-electron chi connectivity index (χ0n) is 8.21. The van der Waals surface area contributed by atoms with Crippen molar-refractivity contribution >= 4 is 31.9 Å². The van der Waals surface area contributed by atoms with Gasteiger partial charge in [-0.05, 0) is 43.8 Å². The van der Waals surface area contributed by atoms with E-state index in [-0.39, 0.29) is 0 Å². The minimum atomic E-state index is 0.509. The Morgan fingerprint density at radius 3 is 2.43 bits per heavy atom. The van der Waals surface area contributed by atoms with E-state index in [1.165, 1.54) is 18.4 Å². The first-order chi connectivity index (χ1) is 6.74. The molecule has 14 heavy (non-hydrogen) atoms. The summed E-state index contributed by atoms with van der Waals surface area (Å²) in [5, 5.41) is 0. The van der Waals surface area contributed by atoms with Gasteiger partial charge in [0.15, 0.2) is 0 Å². The lowest BCUT2D eigenvalue weighted by Gasteiger charge is -2.11. The van der Waals surface area contributed by atoms with E-state index in [0.717, 1.165) is 3.39 Å². The molecule has 0 nitrogen and oxygen atoms in total. The Labute approximate surface area is 103 Å². The Morgan fingerprint density at radius 1 is 1.29 bits per heavy atom. The third kappa shape index (κ3) is 3.97. The zero-order chi connectivity index (χ0) is 10.4. The van der Waals surface area contributed by atoms with E-state index in [9.17, 15) is 0 Å². The molecule has 1 unspecified atom stereocenters. The van der Waals surface area contributed by atoms with Crippen LogP contribution in [-0.4, -0.2) is 0 Å². The van der Waals surface area contributed by atoms with Gasteiger partial charge in [-0.3, -0.25) is 0 Å². The molecule has 0 aliphatic heterocycles. The van der Waals surface area contributed by atoms with E-state index in [0.29, 0.717) is 5.92 Å². The van der Waals surface area contributed by atoms with Crippen LogP contribution in [0.3, 0.4) is 0 Å². The summed E-state index contributed by atoms with van der Waals surface area (Å²) in [6.07, 6.45) is 4.59. The molecule has 0 aromatic heterocycles. The van der Waals surface area contributed by atoms with Gasteiger partial charge in [-0.15, -0.1) is 0 Å². The molecule has 0 N–H and O–H groups in total. The minimum Gasteiger partial charge on any atom is -0.0653 e. The highest BCUT2D eigenvalue weighted by Crippen LogP contribution is 2.27. The van der Waals surface area contributed by atoms with Gasteiger partial charge >= 0.3 is 0 Å². The normalized spacial score (nSPS) is 12.2. The van der Waals surface area contributed by atoms with E-state index in [2.05, 4.69) is 75.2 Å². The summed E-state index contributed by atoms with van der Waals surface area (Å²) in [5.74, 6) is 0.509. The largest absolute Gasteiger partial charge is 0.0653 e. The molecule has 0 bridgehead atoms. The van der Waals surface area contributed by atoms with E-state index in [4.69, 9.17) is 0 Å². The molecular weight excluding hydrogens is 304 g/mol. The van der Waals surface area contributed by atoms with Gasteiger partial charge in [-0.2, -0.15) is 0 Å². The highest BCUT2D eigenvalue weighted by atomic mass is 79.9. The molecule has 0 amide bonds.